The molecule has 0 aromatic heterocycles. The Morgan fingerprint density at radius 2 is 1.69 bits per heavy atom. The Bertz CT molecular complexity index is 827. The number of aryl methyl sites for hydroxylation is 2. The third-order valence-corrected chi connectivity index (χ3v) is 5.80. The Hall–Kier alpha value is -2.53. The number of nitrogens with zero attached hydrogens (tertiary/aromatic N) is 1. The number of hydrogen-bond acceptors (Lipinski definition) is 4. The largest absolute Gasteiger partial charge is 0.490 e. The number of nitrogens with one attached hydrogen (secondary N) is 1. The molecule has 1 N–H and O–H groups in total. The Kier molecular flexibility index (Phi) is 6.35. The van der Waals surface area contributed by atoms with Gasteiger partial charge in [-0.2, -0.15) is 0 Å². The van der Waals surface area contributed by atoms with Gasteiger partial charge in [0.25, 0.3) is 5.91 Å². The van der Waals surface area contributed by atoms with Crippen LogP contribution in [0.4, 0.5) is 5.69 Å². The Balaban J connectivity index is 1.24. The van der Waals surface area contributed by atoms with Crippen LogP contribution >= 0.6 is 0 Å². The molecule has 2 aromatic rings. The summed E-state index contributed by atoms with van der Waals surface area (Å²) in [5.74, 6) is 1.46. The number of rotatable bonds is 6. The number of carbonyl (C=O) groups excluding carboxylic acids is 1. The molecule has 1 amide bonds. The average molecular weight is 395 g/mol. The van der Waals surface area contributed by atoms with Gasteiger partial charge in [-0.25, -0.2) is 0 Å². The molecule has 2 aromatic carbocycles. The normalized spacial score (nSPS) is 17.4. The van der Waals surface area contributed by atoms with Crippen molar-refractivity contribution in [2.75, 3.05) is 32.1 Å². The van der Waals surface area contributed by atoms with Crippen molar-refractivity contribution < 1.29 is 14.3 Å². The number of benzene rings is 2. The zero-order valence-corrected chi connectivity index (χ0v) is 17.2. The van der Waals surface area contributed by atoms with Gasteiger partial charge in [0.2, 0.25) is 0 Å². The molecule has 0 unspecified atom stereocenters. The summed E-state index contributed by atoms with van der Waals surface area (Å²) in [6.45, 7) is 2.15. The van der Waals surface area contributed by atoms with E-state index in [-0.39, 0.29) is 18.6 Å². The third kappa shape index (κ3) is 5.51. The second-order valence-corrected chi connectivity index (χ2v) is 8.12. The first-order valence-corrected chi connectivity index (χ1v) is 10.7. The van der Waals surface area contributed by atoms with Crippen LogP contribution in [0.3, 0.4) is 0 Å². The van der Waals surface area contributed by atoms with Crippen LogP contribution in [-0.2, 0) is 17.6 Å². The van der Waals surface area contributed by atoms with Crippen molar-refractivity contribution in [1.29, 1.82) is 0 Å². The van der Waals surface area contributed by atoms with E-state index >= 15 is 0 Å². The van der Waals surface area contributed by atoms with Crippen molar-refractivity contribution in [3.63, 3.8) is 0 Å². The van der Waals surface area contributed by atoms with E-state index in [1.807, 2.05) is 30.3 Å². The van der Waals surface area contributed by atoms with Gasteiger partial charge in [0, 0.05) is 18.8 Å². The Morgan fingerprint density at radius 3 is 2.45 bits per heavy atom. The zero-order valence-electron chi connectivity index (χ0n) is 17.2. The predicted molar refractivity (Wildman–Crippen MR) is 115 cm³/mol. The van der Waals surface area contributed by atoms with Crippen molar-refractivity contribution in [2.45, 2.75) is 44.6 Å². The number of hydrogen-bond donors (Lipinski definition) is 1. The van der Waals surface area contributed by atoms with Crippen molar-refractivity contribution in [2.24, 2.45) is 0 Å². The lowest BCUT2D eigenvalue weighted by molar-refractivity contribution is -0.118. The Labute approximate surface area is 173 Å². The summed E-state index contributed by atoms with van der Waals surface area (Å²) in [7, 11) is 2.14. The maximum atomic E-state index is 12.2. The quantitative estimate of drug-likeness (QED) is 0.803. The fourth-order valence-electron chi connectivity index (χ4n) is 4.06. The number of anilines is 1. The molecule has 0 spiro atoms. The summed E-state index contributed by atoms with van der Waals surface area (Å²) >= 11 is 0. The molecule has 5 nitrogen and oxygen atoms in total. The van der Waals surface area contributed by atoms with Crippen LogP contribution in [-0.4, -0.2) is 43.7 Å². The molecular formula is C24H30N2O3. The van der Waals surface area contributed by atoms with E-state index in [4.69, 9.17) is 9.47 Å². The van der Waals surface area contributed by atoms with Gasteiger partial charge in [0.1, 0.15) is 17.6 Å². The zero-order chi connectivity index (χ0) is 20.1. The van der Waals surface area contributed by atoms with Gasteiger partial charge in [0.05, 0.1) is 0 Å². The maximum Gasteiger partial charge on any atom is 0.262 e. The molecule has 1 fully saturated rings. The van der Waals surface area contributed by atoms with E-state index in [1.165, 1.54) is 24.0 Å². The highest BCUT2D eigenvalue weighted by Gasteiger charge is 2.18. The highest BCUT2D eigenvalue weighted by molar-refractivity contribution is 5.91. The fraction of sp³-hybridized carbons (Fsp3) is 0.458. The average Bonchev–Trinajstić information content (AvgIpc) is 2.75. The monoisotopic (exact) mass is 394 g/mol. The molecule has 0 bridgehead atoms. The van der Waals surface area contributed by atoms with E-state index in [9.17, 15) is 4.79 Å². The lowest BCUT2D eigenvalue weighted by Crippen LogP contribution is -2.35. The number of piperidine rings is 1. The van der Waals surface area contributed by atoms with Gasteiger partial charge < -0.3 is 19.7 Å². The standard InChI is InChI=1S/C24H30N2O3/c1-26-14-12-22(13-15-26)29-21-10-7-20(8-11-21)25-24(27)17-28-23-9-6-18-4-2-3-5-19(18)16-23/h6-11,16,22H,2-5,12-15,17H2,1H3,(H,25,27). The second kappa shape index (κ2) is 9.31. The predicted octanol–water partition coefficient (Wildman–Crippen LogP) is 4.06. The lowest BCUT2D eigenvalue weighted by Gasteiger charge is -2.29. The van der Waals surface area contributed by atoms with Gasteiger partial charge in [0.15, 0.2) is 6.61 Å². The maximum absolute atomic E-state index is 12.2. The molecule has 29 heavy (non-hydrogen) atoms. The first-order chi connectivity index (χ1) is 14.2. The summed E-state index contributed by atoms with van der Waals surface area (Å²) in [5, 5.41) is 2.88. The van der Waals surface area contributed by atoms with Gasteiger partial charge in [-0.05, 0) is 93.1 Å². The van der Waals surface area contributed by atoms with Gasteiger partial charge in [-0.1, -0.05) is 6.07 Å². The molecular weight excluding hydrogens is 364 g/mol. The van der Waals surface area contributed by atoms with Crippen LogP contribution in [0.15, 0.2) is 42.5 Å². The molecule has 1 aliphatic carbocycles. The second-order valence-electron chi connectivity index (χ2n) is 8.12. The van der Waals surface area contributed by atoms with Crippen molar-refractivity contribution >= 4 is 11.6 Å². The van der Waals surface area contributed by atoms with Crippen LogP contribution in [0.1, 0.15) is 36.8 Å². The molecule has 0 radical (unpaired) electrons. The van der Waals surface area contributed by atoms with Crippen LogP contribution in [0.2, 0.25) is 0 Å². The van der Waals surface area contributed by atoms with E-state index in [1.54, 1.807) is 0 Å². The molecule has 1 aliphatic heterocycles. The smallest absolute Gasteiger partial charge is 0.262 e. The van der Waals surface area contributed by atoms with Crippen LogP contribution < -0.4 is 14.8 Å². The first-order valence-electron chi connectivity index (χ1n) is 10.7. The van der Waals surface area contributed by atoms with E-state index in [0.29, 0.717) is 0 Å². The van der Waals surface area contributed by atoms with Crippen LogP contribution in [0, 0.1) is 0 Å². The molecule has 0 saturated carbocycles. The Morgan fingerprint density at radius 1 is 1.00 bits per heavy atom. The van der Waals surface area contributed by atoms with E-state index < -0.39 is 0 Å². The third-order valence-electron chi connectivity index (χ3n) is 5.80. The highest BCUT2D eigenvalue weighted by atomic mass is 16.5. The summed E-state index contributed by atoms with van der Waals surface area (Å²) in [5.41, 5.74) is 3.52. The fourth-order valence-corrected chi connectivity index (χ4v) is 4.06. The number of ether oxygens (including phenoxy) is 2. The summed E-state index contributed by atoms with van der Waals surface area (Å²) in [4.78, 5) is 14.6. The molecule has 1 saturated heterocycles. The van der Waals surface area contributed by atoms with Crippen molar-refractivity contribution in [1.82, 2.24) is 4.90 Å². The van der Waals surface area contributed by atoms with Crippen molar-refractivity contribution in [3.8, 4) is 11.5 Å². The van der Waals surface area contributed by atoms with Crippen molar-refractivity contribution in [3.05, 3.63) is 53.6 Å². The number of carbonyl (C=O) groups is 1. The SMILES string of the molecule is CN1CCC(Oc2ccc(NC(=O)COc3ccc4c(c3)CCCC4)cc2)CC1. The minimum Gasteiger partial charge on any atom is -0.490 e. The van der Waals surface area contributed by atoms with Crippen LogP contribution in [0.25, 0.3) is 0 Å². The van der Waals surface area contributed by atoms with Crippen LogP contribution in [0.5, 0.6) is 11.5 Å². The topological polar surface area (TPSA) is 50.8 Å². The number of amides is 1. The summed E-state index contributed by atoms with van der Waals surface area (Å²) in [6.07, 6.45) is 7.12. The van der Waals surface area contributed by atoms with Gasteiger partial charge in [-0.3, -0.25) is 4.79 Å². The van der Waals surface area contributed by atoms with Gasteiger partial charge in [-0.15, -0.1) is 0 Å². The van der Waals surface area contributed by atoms with E-state index in [2.05, 4.69) is 29.4 Å². The minimum atomic E-state index is -0.160. The molecule has 2 aliphatic rings. The summed E-state index contributed by atoms with van der Waals surface area (Å²) in [6, 6.07) is 13.8. The number of likely N-dealkylation sites (tertiary alicyclic amines) is 1. The minimum absolute atomic E-state index is 0.00658. The molecule has 4 rings (SSSR count). The molecule has 1 heterocycles. The van der Waals surface area contributed by atoms with Gasteiger partial charge >= 0.3 is 0 Å². The number of fused-ring (bicyclic) bond motifs is 1. The molecule has 0 atom stereocenters. The summed E-state index contributed by atoms with van der Waals surface area (Å²) < 4.78 is 11.7. The first kappa shape index (κ1) is 19.8. The highest BCUT2D eigenvalue weighted by Crippen LogP contribution is 2.25. The van der Waals surface area contributed by atoms with E-state index in [0.717, 1.165) is 56.0 Å². The lowest BCUT2D eigenvalue weighted by atomic mass is 9.92. The molecule has 154 valence electrons. The molecule has 5 heteroatoms.